The molecule has 25 heavy (non-hydrogen) atoms. The standard InChI is InChI=1S/C19H28N4O2/c1-4-5-17(20)16(13-24)19(22-3)15-7-6-14(12-18(15)21-2)23-8-10-25-11-9-23/h4-7,12-13,17,21-22H,8-11,20H2,1-3H3/b5-4+,19-16-. The Labute approximate surface area is 149 Å². The van der Waals surface area contributed by atoms with Crippen LogP contribution in [0, 0.1) is 0 Å². The molecule has 0 spiro atoms. The summed E-state index contributed by atoms with van der Waals surface area (Å²) >= 11 is 0. The van der Waals surface area contributed by atoms with E-state index < -0.39 is 6.04 Å². The smallest absolute Gasteiger partial charge is 0.150 e. The summed E-state index contributed by atoms with van der Waals surface area (Å²) in [6, 6.07) is 5.74. The van der Waals surface area contributed by atoms with E-state index in [1.807, 2.05) is 32.2 Å². The molecule has 0 saturated carbocycles. The molecular formula is C19H28N4O2. The predicted molar refractivity (Wildman–Crippen MR) is 104 cm³/mol. The van der Waals surface area contributed by atoms with E-state index in [-0.39, 0.29) is 0 Å². The molecule has 0 bridgehead atoms. The van der Waals surface area contributed by atoms with Crippen molar-refractivity contribution in [3.8, 4) is 0 Å². The lowest BCUT2D eigenvalue weighted by Crippen LogP contribution is -2.36. The van der Waals surface area contributed by atoms with Crippen LogP contribution >= 0.6 is 0 Å². The van der Waals surface area contributed by atoms with Gasteiger partial charge in [-0.1, -0.05) is 12.2 Å². The molecule has 1 aliphatic rings. The summed E-state index contributed by atoms with van der Waals surface area (Å²) in [6.07, 6.45) is 4.48. The molecule has 1 saturated heterocycles. The number of nitrogens with one attached hydrogen (secondary N) is 2. The van der Waals surface area contributed by atoms with Crippen molar-refractivity contribution in [1.82, 2.24) is 5.32 Å². The number of carbonyl (C=O) groups is 1. The van der Waals surface area contributed by atoms with Crippen LogP contribution in [0.4, 0.5) is 11.4 Å². The van der Waals surface area contributed by atoms with E-state index in [9.17, 15) is 4.79 Å². The molecule has 1 aliphatic heterocycles. The van der Waals surface area contributed by atoms with Crippen molar-refractivity contribution in [2.45, 2.75) is 13.0 Å². The van der Waals surface area contributed by atoms with Crippen LogP contribution in [0.5, 0.6) is 0 Å². The van der Waals surface area contributed by atoms with Gasteiger partial charge in [-0.25, -0.2) is 0 Å². The molecule has 136 valence electrons. The Morgan fingerprint density at radius 1 is 1.32 bits per heavy atom. The fraction of sp³-hybridized carbons (Fsp3) is 0.421. The van der Waals surface area contributed by atoms with E-state index in [0.29, 0.717) is 5.57 Å². The summed E-state index contributed by atoms with van der Waals surface area (Å²) in [5, 5.41) is 6.38. The quantitative estimate of drug-likeness (QED) is 0.396. The van der Waals surface area contributed by atoms with E-state index in [0.717, 1.165) is 55.2 Å². The molecule has 6 nitrogen and oxygen atoms in total. The highest BCUT2D eigenvalue weighted by molar-refractivity contribution is 5.92. The third-order valence-corrected chi connectivity index (χ3v) is 4.34. The Bertz CT molecular complexity index is 649. The number of allylic oxidation sites excluding steroid dienone is 1. The fourth-order valence-electron chi connectivity index (χ4n) is 3.02. The number of nitrogens with two attached hydrogens (primary N) is 1. The second-order valence-electron chi connectivity index (χ2n) is 5.83. The number of anilines is 2. The molecule has 0 aromatic heterocycles. The maximum Gasteiger partial charge on any atom is 0.150 e. The summed E-state index contributed by atoms with van der Waals surface area (Å²) in [5.74, 6) is 0. The van der Waals surface area contributed by atoms with Gasteiger partial charge in [0.25, 0.3) is 0 Å². The van der Waals surface area contributed by atoms with Gasteiger partial charge in [-0.2, -0.15) is 0 Å². The molecule has 1 fully saturated rings. The van der Waals surface area contributed by atoms with Crippen LogP contribution in [-0.2, 0) is 9.53 Å². The number of morpholine rings is 1. The third-order valence-electron chi connectivity index (χ3n) is 4.34. The van der Waals surface area contributed by atoms with E-state index in [1.165, 1.54) is 0 Å². The second-order valence-corrected chi connectivity index (χ2v) is 5.83. The zero-order chi connectivity index (χ0) is 18.2. The average Bonchev–Trinajstić information content (AvgIpc) is 2.66. The topological polar surface area (TPSA) is 79.6 Å². The van der Waals surface area contributed by atoms with Crippen molar-refractivity contribution in [1.29, 1.82) is 0 Å². The number of carbonyl (C=O) groups excluding carboxylic acids is 1. The Morgan fingerprint density at radius 3 is 2.60 bits per heavy atom. The first kappa shape index (κ1) is 19.0. The van der Waals surface area contributed by atoms with Gasteiger partial charge in [-0.05, 0) is 25.1 Å². The molecular weight excluding hydrogens is 316 g/mol. The lowest BCUT2D eigenvalue weighted by Gasteiger charge is -2.29. The average molecular weight is 344 g/mol. The minimum Gasteiger partial charge on any atom is -0.388 e. The van der Waals surface area contributed by atoms with Gasteiger partial charge in [0, 0.05) is 49.7 Å². The molecule has 1 unspecified atom stereocenters. The van der Waals surface area contributed by atoms with Gasteiger partial charge in [0.15, 0.2) is 0 Å². The molecule has 1 atom stereocenters. The van der Waals surface area contributed by atoms with E-state index in [4.69, 9.17) is 10.5 Å². The van der Waals surface area contributed by atoms with Gasteiger partial charge in [0.1, 0.15) is 6.29 Å². The zero-order valence-electron chi connectivity index (χ0n) is 15.2. The number of hydrogen-bond acceptors (Lipinski definition) is 6. The summed E-state index contributed by atoms with van der Waals surface area (Å²) in [7, 11) is 3.68. The Hall–Kier alpha value is -2.31. The monoisotopic (exact) mass is 344 g/mol. The van der Waals surface area contributed by atoms with Crippen LogP contribution in [0.1, 0.15) is 12.5 Å². The largest absolute Gasteiger partial charge is 0.388 e. The van der Waals surface area contributed by atoms with Gasteiger partial charge in [-0.15, -0.1) is 0 Å². The van der Waals surface area contributed by atoms with Crippen molar-refractivity contribution in [2.24, 2.45) is 5.73 Å². The SMILES string of the molecule is C/C=C/C(N)/C(C=O)=C(\NC)c1ccc(N2CCOCC2)cc1NC. The van der Waals surface area contributed by atoms with Crippen molar-refractivity contribution < 1.29 is 9.53 Å². The molecule has 1 aromatic rings. The number of benzene rings is 1. The van der Waals surface area contributed by atoms with Gasteiger partial charge >= 0.3 is 0 Å². The number of ether oxygens (including phenoxy) is 1. The molecule has 0 aliphatic carbocycles. The van der Waals surface area contributed by atoms with Crippen LogP contribution in [0.25, 0.3) is 5.70 Å². The van der Waals surface area contributed by atoms with Crippen LogP contribution in [0.3, 0.4) is 0 Å². The Balaban J connectivity index is 2.46. The minimum atomic E-state index is -0.450. The third kappa shape index (κ3) is 4.41. The van der Waals surface area contributed by atoms with Gasteiger partial charge in [0.2, 0.25) is 0 Å². The lowest BCUT2D eigenvalue weighted by atomic mass is 9.99. The highest BCUT2D eigenvalue weighted by Crippen LogP contribution is 2.30. The van der Waals surface area contributed by atoms with Crippen molar-refractivity contribution in [3.63, 3.8) is 0 Å². The molecule has 1 heterocycles. The van der Waals surface area contributed by atoms with E-state index in [2.05, 4.69) is 27.7 Å². The summed E-state index contributed by atoms with van der Waals surface area (Å²) < 4.78 is 5.42. The highest BCUT2D eigenvalue weighted by Gasteiger charge is 2.18. The molecule has 4 N–H and O–H groups in total. The normalized spacial score (nSPS) is 17.2. The number of aldehydes is 1. The van der Waals surface area contributed by atoms with Gasteiger partial charge in [-0.3, -0.25) is 4.79 Å². The van der Waals surface area contributed by atoms with Gasteiger partial charge < -0.3 is 26.0 Å². The number of hydrogen-bond donors (Lipinski definition) is 3. The maximum atomic E-state index is 11.7. The minimum absolute atomic E-state index is 0.450. The summed E-state index contributed by atoms with van der Waals surface area (Å²) in [5.41, 5.74) is 10.4. The van der Waals surface area contributed by atoms with Gasteiger partial charge in [0.05, 0.1) is 25.0 Å². The number of nitrogens with zero attached hydrogens (tertiary/aromatic N) is 1. The summed E-state index contributed by atoms with van der Waals surface area (Å²) in [6.45, 7) is 5.13. The van der Waals surface area contributed by atoms with Crippen molar-refractivity contribution >= 4 is 23.4 Å². The predicted octanol–water partition coefficient (Wildman–Crippen LogP) is 1.60. The fourth-order valence-corrected chi connectivity index (χ4v) is 3.02. The molecule has 1 aromatic carbocycles. The molecule has 0 radical (unpaired) electrons. The molecule has 0 amide bonds. The first-order valence-corrected chi connectivity index (χ1v) is 8.56. The Kier molecular flexibility index (Phi) is 7.03. The van der Waals surface area contributed by atoms with Crippen LogP contribution in [-0.4, -0.2) is 52.7 Å². The maximum absolute atomic E-state index is 11.7. The van der Waals surface area contributed by atoms with E-state index in [1.54, 1.807) is 7.05 Å². The number of rotatable bonds is 7. The molecule has 2 rings (SSSR count). The second kappa shape index (κ2) is 9.25. The van der Waals surface area contributed by atoms with Crippen LogP contribution in [0.15, 0.2) is 35.9 Å². The van der Waals surface area contributed by atoms with Crippen LogP contribution in [0.2, 0.25) is 0 Å². The first-order valence-electron chi connectivity index (χ1n) is 8.56. The van der Waals surface area contributed by atoms with Crippen molar-refractivity contribution in [2.75, 3.05) is 50.6 Å². The summed E-state index contributed by atoms with van der Waals surface area (Å²) in [4.78, 5) is 13.9. The highest BCUT2D eigenvalue weighted by atomic mass is 16.5. The Morgan fingerprint density at radius 2 is 2.04 bits per heavy atom. The lowest BCUT2D eigenvalue weighted by molar-refractivity contribution is -0.105. The first-order chi connectivity index (χ1) is 12.2. The van der Waals surface area contributed by atoms with Crippen molar-refractivity contribution in [3.05, 3.63) is 41.5 Å². The van der Waals surface area contributed by atoms with E-state index >= 15 is 0 Å². The zero-order valence-corrected chi connectivity index (χ0v) is 15.2. The molecule has 6 heteroatoms. The van der Waals surface area contributed by atoms with Crippen LogP contribution < -0.4 is 21.3 Å².